The first-order chi connectivity index (χ1) is 8.24. The molecule has 2 heteroatoms. The maximum absolute atomic E-state index is 2.80. The third kappa shape index (κ3) is 2.68. The molecule has 1 heterocycles. The number of nitrogens with zero attached hydrogens (tertiary/aromatic N) is 2. The lowest BCUT2D eigenvalue weighted by Gasteiger charge is -2.48. The highest BCUT2D eigenvalue weighted by Gasteiger charge is 2.36. The van der Waals surface area contributed by atoms with Crippen LogP contribution in [0.3, 0.4) is 0 Å². The summed E-state index contributed by atoms with van der Waals surface area (Å²) in [5.74, 6) is 1.86. The van der Waals surface area contributed by atoms with Crippen molar-refractivity contribution >= 4 is 0 Å². The number of hydrogen-bond acceptors (Lipinski definition) is 2. The van der Waals surface area contributed by atoms with Gasteiger partial charge < -0.3 is 0 Å². The van der Waals surface area contributed by atoms with Crippen LogP contribution >= 0.6 is 0 Å². The van der Waals surface area contributed by atoms with Crippen LogP contribution in [0.2, 0.25) is 0 Å². The molecule has 17 heavy (non-hydrogen) atoms. The van der Waals surface area contributed by atoms with Gasteiger partial charge in [0.15, 0.2) is 0 Å². The molecule has 0 aromatic heterocycles. The van der Waals surface area contributed by atoms with Crippen LogP contribution < -0.4 is 0 Å². The van der Waals surface area contributed by atoms with Crippen molar-refractivity contribution in [1.82, 2.24) is 9.80 Å². The molecular formula is C15H28N2. The SMILES string of the molecule is CC(C)C1CN(C2CCC2)CCN1CC1CC1. The zero-order valence-corrected chi connectivity index (χ0v) is 11.6. The van der Waals surface area contributed by atoms with E-state index in [4.69, 9.17) is 0 Å². The summed E-state index contributed by atoms with van der Waals surface area (Å²) in [5, 5.41) is 0. The second-order valence-electron chi connectivity index (χ2n) is 6.83. The van der Waals surface area contributed by atoms with Crippen LogP contribution in [0.15, 0.2) is 0 Å². The summed E-state index contributed by atoms with van der Waals surface area (Å²) in [6.45, 7) is 10.2. The zero-order valence-electron chi connectivity index (χ0n) is 11.6. The van der Waals surface area contributed by atoms with Gasteiger partial charge in [-0.15, -0.1) is 0 Å². The average Bonchev–Trinajstić information content (AvgIpc) is 3.01. The third-order valence-corrected chi connectivity index (χ3v) is 5.12. The van der Waals surface area contributed by atoms with Gasteiger partial charge in [-0.25, -0.2) is 0 Å². The van der Waals surface area contributed by atoms with Gasteiger partial charge in [0.2, 0.25) is 0 Å². The predicted octanol–water partition coefficient (Wildman–Crippen LogP) is 2.59. The van der Waals surface area contributed by atoms with E-state index in [1.165, 1.54) is 58.3 Å². The van der Waals surface area contributed by atoms with E-state index in [1.54, 1.807) is 0 Å². The summed E-state index contributed by atoms with van der Waals surface area (Å²) in [6, 6.07) is 1.77. The first kappa shape index (κ1) is 12.0. The van der Waals surface area contributed by atoms with E-state index >= 15 is 0 Å². The molecule has 0 bridgehead atoms. The van der Waals surface area contributed by atoms with E-state index in [1.807, 2.05) is 0 Å². The van der Waals surface area contributed by atoms with Crippen molar-refractivity contribution in [3.63, 3.8) is 0 Å². The van der Waals surface area contributed by atoms with Crippen molar-refractivity contribution in [1.29, 1.82) is 0 Å². The maximum Gasteiger partial charge on any atom is 0.0246 e. The minimum absolute atomic E-state index is 0.816. The standard InChI is InChI=1S/C15H28N2/c1-12(2)15-11-16(14-4-3-5-14)8-9-17(15)10-13-6-7-13/h12-15H,3-11H2,1-2H3. The molecule has 3 aliphatic rings. The van der Waals surface area contributed by atoms with Crippen molar-refractivity contribution in [3.05, 3.63) is 0 Å². The summed E-state index contributed by atoms with van der Waals surface area (Å²) in [5.41, 5.74) is 0. The Bertz CT molecular complexity index is 256. The normalized spacial score (nSPS) is 33.0. The molecule has 0 N–H and O–H groups in total. The molecule has 2 saturated carbocycles. The summed E-state index contributed by atoms with van der Waals surface area (Å²) in [6.07, 6.45) is 7.39. The molecule has 1 aliphatic heterocycles. The van der Waals surface area contributed by atoms with Crippen molar-refractivity contribution < 1.29 is 0 Å². The van der Waals surface area contributed by atoms with Crippen LogP contribution in [0.4, 0.5) is 0 Å². The van der Waals surface area contributed by atoms with Crippen LogP contribution in [-0.4, -0.2) is 48.1 Å². The van der Waals surface area contributed by atoms with Gasteiger partial charge in [-0.3, -0.25) is 9.80 Å². The number of rotatable bonds is 4. The Morgan fingerprint density at radius 2 is 1.82 bits per heavy atom. The Hall–Kier alpha value is -0.0800. The van der Waals surface area contributed by atoms with Crippen LogP contribution in [0, 0.1) is 11.8 Å². The molecule has 3 rings (SSSR count). The van der Waals surface area contributed by atoms with Gasteiger partial charge in [0.1, 0.15) is 0 Å². The Kier molecular flexibility index (Phi) is 3.45. The lowest BCUT2D eigenvalue weighted by Crippen LogP contribution is -2.59. The van der Waals surface area contributed by atoms with Crippen LogP contribution in [0.5, 0.6) is 0 Å². The molecule has 1 unspecified atom stereocenters. The first-order valence-corrected chi connectivity index (χ1v) is 7.72. The predicted molar refractivity (Wildman–Crippen MR) is 72.1 cm³/mol. The fraction of sp³-hybridized carbons (Fsp3) is 1.00. The summed E-state index contributed by atoms with van der Waals surface area (Å²) in [4.78, 5) is 5.59. The molecule has 3 fully saturated rings. The molecular weight excluding hydrogens is 208 g/mol. The van der Waals surface area contributed by atoms with Crippen LogP contribution in [0.1, 0.15) is 46.0 Å². The minimum atomic E-state index is 0.816. The van der Waals surface area contributed by atoms with Gasteiger partial charge in [-0.2, -0.15) is 0 Å². The molecule has 98 valence electrons. The zero-order chi connectivity index (χ0) is 11.8. The monoisotopic (exact) mass is 236 g/mol. The van der Waals surface area contributed by atoms with E-state index in [2.05, 4.69) is 23.6 Å². The Morgan fingerprint density at radius 1 is 1.06 bits per heavy atom. The Morgan fingerprint density at radius 3 is 2.35 bits per heavy atom. The lowest BCUT2D eigenvalue weighted by molar-refractivity contribution is 0.00520. The smallest absolute Gasteiger partial charge is 0.0246 e. The highest BCUT2D eigenvalue weighted by Crippen LogP contribution is 2.33. The lowest BCUT2D eigenvalue weighted by atomic mass is 9.89. The van der Waals surface area contributed by atoms with Crippen molar-refractivity contribution in [2.75, 3.05) is 26.2 Å². The fourth-order valence-electron chi connectivity index (χ4n) is 3.44. The molecule has 0 amide bonds. The first-order valence-electron chi connectivity index (χ1n) is 7.72. The Labute approximate surface area is 106 Å². The highest BCUT2D eigenvalue weighted by molar-refractivity contribution is 4.91. The summed E-state index contributed by atoms with van der Waals surface area (Å²) in [7, 11) is 0. The Balaban J connectivity index is 1.58. The van der Waals surface area contributed by atoms with Crippen molar-refractivity contribution in [2.24, 2.45) is 11.8 Å². The van der Waals surface area contributed by atoms with Gasteiger partial charge in [0, 0.05) is 38.3 Å². The van der Waals surface area contributed by atoms with Gasteiger partial charge in [0.25, 0.3) is 0 Å². The third-order valence-electron chi connectivity index (χ3n) is 5.12. The van der Waals surface area contributed by atoms with Crippen molar-refractivity contribution in [3.8, 4) is 0 Å². The molecule has 0 aromatic rings. The van der Waals surface area contributed by atoms with Gasteiger partial charge in [-0.05, 0) is 37.5 Å². The molecule has 2 aliphatic carbocycles. The molecule has 1 atom stereocenters. The quantitative estimate of drug-likeness (QED) is 0.740. The topological polar surface area (TPSA) is 6.48 Å². The van der Waals surface area contributed by atoms with Gasteiger partial charge in [0.05, 0.1) is 0 Å². The van der Waals surface area contributed by atoms with Crippen LogP contribution in [-0.2, 0) is 0 Å². The van der Waals surface area contributed by atoms with E-state index in [0.717, 1.165) is 23.9 Å². The molecule has 0 radical (unpaired) electrons. The van der Waals surface area contributed by atoms with Crippen LogP contribution in [0.25, 0.3) is 0 Å². The second-order valence-corrected chi connectivity index (χ2v) is 6.83. The summed E-state index contributed by atoms with van der Waals surface area (Å²) < 4.78 is 0. The van der Waals surface area contributed by atoms with Crippen molar-refractivity contribution in [2.45, 2.75) is 58.0 Å². The second kappa shape index (κ2) is 4.89. The number of hydrogen-bond donors (Lipinski definition) is 0. The van der Waals surface area contributed by atoms with E-state index in [-0.39, 0.29) is 0 Å². The van der Waals surface area contributed by atoms with Gasteiger partial charge >= 0.3 is 0 Å². The average molecular weight is 236 g/mol. The summed E-state index contributed by atoms with van der Waals surface area (Å²) >= 11 is 0. The number of piperazine rings is 1. The molecule has 2 nitrogen and oxygen atoms in total. The van der Waals surface area contributed by atoms with E-state index in [0.29, 0.717) is 0 Å². The molecule has 1 saturated heterocycles. The molecule has 0 aromatic carbocycles. The molecule has 0 spiro atoms. The maximum atomic E-state index is 2.80. The highest BCUT2D eigenvalue weighted by atomic mass is 15.3. The van der Waals surface area contributed by atoms with E-state index < -0.39 is 0 Å². The van der Waals surface area contributed by atoms with E-state index in [9.17, 15) is 0 Å². The van der Waals surface area contributed by atoms with Gasteiger partial charge in [-0.1, -0.05) is 20.3 Å². The fourth-order valence-corrected chi connectivity index (χ4v) is 3.44. The minimum Gasteiger partial charge on any atom is -0.298 e. The largest absolute Gasteiger partial charge is 0.298 e.